The molecule has 114 valence electrons. The molecule has 1 heterocycles. The summed E-state index contributed by atoms with van der Waals surface area (Å²) in [6, 6.07) is 13.8. The highest BCUT2D eigenvalue weighted by molar-refractivity contribution is 5.96. The SMILES string of the molecule is CC1CCc2ccccc2N1C(=O)COc1ccc(F)cc1. The molecule has 2 aromatic rings. The zero-order valence-electron chi connectivity index (χ0n) is 12.5. The first kappa shape index (κ1) is 14.6. The monoisotopic (exact) mass is 299 g/mol. The third-order valence-electron chi connectivity index (χ3n) is 3.97. The summed E-state index contributed by atoms with van der Waals surface area (Å²) in [5, 5.41) is 0. The smallest absolute Gasteiger partial charge is 0.265 e. The summed E-state index contributed by atoms with van der Waals surface area (Å²) in [6.45, 7) is 2.00. The maximum Gasteiger partial charge on any atom is 0.265 e. The van der Waals surface area contributed by atoms with Crippen molar-refractivity contribution >= 4 is 11.6 Å². The molecule has 3 rings (SSSR count). The molecule has 0 bridgehead atoms. The van der Waals surface area contributed by atoms with Gasteiger partial charge in [0.1, 0.15) is 11.6 Å². The van der Waals surface area contributed by atoms with Crippen molar-refractivity contribution in [1.82, 2.24) is 0 Å². The van der Waals surface area contributed by atoms with E-state index in [1.165, 1.54) is 29.8 Å². The highest BCUT2D eigenvalue weighted by Gasteiger charge is 2.28. The van der Waals surface area contributed by atoms with Crippen molar-refractivity contribution in [2.45, 2.75) is 25.8 Å². The van der Waals surface area contributed by atoms with Crippen LogP contribution < -0.4 is 9.64 Å². The molecule has 0 radical (unpaired) electrons. The Morgan fingerprint density at radius 2 is 1.95 bits per heavy atom. The standard InChI is InChI=1S/C18H18FNO2/c1-13-6-7-14-4-2-3-5-17(14)20(13)18(21)12-22-16-10-8-15(19)9-11-16/h2-5,8-11,13H,6-7,12H2,1H3. The molecule has 1 aliphatic heterocycles. The fourth-order valence-electron chi connectivity index (χ4n) is 2.81. The van der Waals surface area contributed by atoms with E-state index in [1.807, 2.05) is 30.0 Å². The molecule has 0 spiro atoms. The van der Waals surface area contributed by atoms with Gasteiger partial charge in [-0.15, -0.1) is 0 Å². The molecule has 4 heteroatoms. The number of amides is 1. The molecule has 0 saturated heterocycles. The summed E-state index contributed by atoms with van der Waals surface area (Å²) in [7, 11) is 0. The predicted molar refractivity (Wildman–Crippen MR) is 83.6 cm³/mol. The van der Waals surface area contributed by atoms with Crippen LogP contribution in [0, 0.1) is 5.82 Å². The van der Waals surface area contributed by atoms with Crippen LogP contribution in [-0.2, 0) is 11.2 Å². The molecule has 0 N–H and O–H groups in total. The average molecular weight is 299 g/mol. The van der Waals surface area contributed by atoms with Gasteiger partial charge in [0.05, 0.1) is 0 Å². The molecule has 0 aliphatic carbocycles. The quantitative estimate of drug-likeness (QED) is 0.867. The van der Waals surface area contributed by atoms with Gasteiger partial charge < -0.3 is 9.64 Å². The normalized spacial score (nSPS) is 17.0. The predicted octanol–water partition coefficient (Wildman–Crippen LogP) is 3.57. The molecule has 0 fully saturated rings. The molecule has 22 heavy (non-hydrogen) atoms. The largest absolute Gasteiger partial charge is 0.484 e. The number of carbonyl (C=O) groups is 1. The van der Waals surface area contributed by atoms with Crippen LogP contribution in [0.2, 0.25) is 0 Å². The zero-order valence-corrected chi connectivity index (χ0v) is 12.5. The third-order valence-corrected chi connectivity index (χ3v) is 3.97. The van der Waals surface area contributed by atoms with Crippen molar-refractivity contribution in [2.75, 3.05) is 11.5 Å². The molecule has 1 aliphatic rings. The van der Waals surface area contributed by atoms with Crippen LogP contribution in [0.3, 0.4) is 0 Å². The zero-order chi connectivity index (χ0) is 15.5. The van der Waals surface area contributed by atoms with E-state index in [1.54, 1.807) is 0 Å². The Balaban J connectivity index is 1.73. The number of halogens is 1. The van der Waals surface area contributed by atoms with Crippen LogP contribution in [0.1, 0.15) is 18.9 Å². The molecular formula is C18H18FNO2. The van der Waals surface area contributed by atoms with E-state index in [4.69, 9.17) is 4.74 Å². The fourth-order valence-corrected chi connectivity index (χ4v) is 2.81. The van der Waals surface area contributed by atoms with Gasteiger partial charge >= 0.3 is 0 Å². The Labute approximate surface area is 129 Å². The summed E-state index contributed by atoms with van der Waals surface area (Å²) in [6.07, 6.45) is 1.93. The number of hydrogen-bond acceptors (Lipinski definition) is 2. The van der Waals surface area contributed by atoms with Crippen LogP contribution in [0.15, 0.2) is 48.5 Å². The number of hydrogen-bond donors (Lipinski definition) is 0. The number of para-hydroxylation sites is 1. The fraction of sp³-hybridized carbons (Fsp3) is 0.278. The lowest BCUT2D eigenvalue weighted by Gasteiger charge is -2.35. The second-order valence-corrected chi connectivity index (χ2v) is 5.52. The van der Waals surface area contributed by atoms with Gasteiger partial charge in [-0.1, -0.05) is 18.2 Å². The van der Waals surface area contributed by atoms with Crippen molar-refractivity contribution in [3.63, 3.8) is 0 Å². The number of fused-ring (bicyclic) bond motifs is 1. The lowest BCUT2D eigenvalue weighted by atomic mass is 9.96. The van der Waals surface area contributed by atoms with E-state index in [-0.39, 0.29) is 24.4 Å². The van der Waals surface area contributed by atoms with Crippen LogP contribution >= 0.6 is 0 Å². The van der Waals surface area contributed by atoms with Crippen molar-refractivity contribution in [3.05, 3.63) is 59.9 Å². The Morgan fingerprint density at radius 3 is 2.73 bits per heavy atom. The minimum Gasteiger partial charge on any atom is -0.484 e. The summed E-state index contributed by atoms with van der Waals surface area (Å²) >= 11 is 0. The van der Waals surface area contributed by atoms with E-state index in [2.05, 4.69) is 6.07 Å². The molecule has 1 amide bonds. The highest BCUT2D eigenvalue weighted by Crippen LogP contribution is 2.30. The molecule has 0 aromatic heterocycles. The van der Waals surface area contributed by atoms with E-state index in [0.29, 0.717) is 5.75 Å². The van der Waals surface area contributed by atoms with Gasteiger partial charge in [0.15, 0.2) is 6.61 Å². The highest BCUT2D eigenvalue weighted by atomic mass is 19.1. The van der Waals surface area contributed by atoms with Crippen molar-refractivity contribution in [3.8, 4) is 5.75 Å². The van der Waals surface area contributed by atoms with Gasteiger partial charge in [-0.05, 0) is 55.7 Å². The number of aryl methyl sites for hydroxylation is 1. The third kappa shape index (κ3) is 2.96. The summed E-state index contributed by atoms with van der Waals surface area (Å²) in [5.74, 6) is 0.0916. The van der Waals surface area contributed by atoms with E-state index in [0.717, 1.165) is 18.5 Å². The Bertz CT molecular complexity index is 669. The van der Waals surface area contributed by atoms with Gasteiger partial charge in [-0.25, -0.2) is 4.39 Å². The molecule has 1 atom stereocenters. The Kier molecular flexibility index (Phi) is 4.09. The minimum absolute atomic E-state index is 0.0513. The van der Waals surface area contributed by atoms with Crippen molar-refractivity contribution in [1.29, 1.82) is 0 Å². The van der Waals surface area contributed by atoms with Gasteiger partial charge in [0.2, 0.25) is 0 Å². The van der Waals surface area contributed by atoms with E-state index in [9.17, 15) is 9.18 Å². The maximum atomic E-state index is 12.9. The topological polar surface area (TPSA) is 29.5 Å². The maximum absolute atomic E-state index is 12.9. The second kappa shape index (κ2) is 6.18. The number of ether oxygens (including phenoxy) is 1. The number of rotatable bonds is 3. The van der Waals surface area contributed by atoms with Gasteiger partial charge in [0, 0.05) is 11.7 Å². The number of nitrogens with zero attached hydrogens (tertiary/aromatic N) is 1. The molecule has 3 nitrogen and oxygen atoms in total. The first-order valence-electron chi connectivity index (χ1n) is 7.43. The summed E-state index contributed by atoms with van der Waals surface area (Å²) in [4.78, 5) is 14.3. The first-order chi connectivity index (χ1) is 10.6. The van der Waals surface area contributed by atoms with Crippen LogP contribution in [0.4, 0.5) is 10.1 Å². The molecule has 0 saturated carbocycles. The lowest BCUT2D eigenvalue weighted by Crippen LogP contribution is -2.44. The lowest BCUT2D eigenvalue weighted by molar-refractivity contribution is -0.121. The van der Waals surface area contributed by atoms with Gasteiger partial charge in [-0.3, -0.25) is 4.79 Å². The average Bonchev–Trinajstić information content (AvgIpc) is 2.54. The van der Waals surface area contributed by atoms with Crippen LogP contribution in [-0.4, -0.2) is 18.6 Å². The van der Waals surface area contributed by atoms with Crippen molar-refractivity contribution < 1.29 is 13.9 Å². The van der Waals surface area contributed by atoms with Crippen LogP contribution in [0.5, 0.6) is 5.75 Å². The van der Waals surface area contributed by atoms with Gasteiger partial charge in [-0.2, -0.15) is 0 Å². The number of benzene rings is 2. The number of carbonyl (C=O) groups excluding carboxylic acids is 1. The Hall–Kier alpha value is -2.36. The van der Waals surface area contributed by atoms with Gasteiger partial charge in [0.25, 0.3) is 5.91 Å². The molecule has 1 unspecified atom stereocenters. The summed E-state index contributed by atoms with van der Waals surface area (Å²) in [5.41, 5.74) is 2.16. The Morgan fingerprint density at radius 1 is 1.23 bits per heavy atom. The van der Waals surface area contributed by atoms with E-state index >= 15 is 0 Å². The summed E-state index contributed by atoms with van der Waals surface area (Å²) < 4.78 is 18.3. The van der Waals surface area contributed by atoms with Crippen LogP contribution in [0.25, 0.3) is 0 Å². The molecule has 2 aromatic carbocycles. The molecular weight excluding hydrogens is 281 g/mol. The van der Waals surface area contributed by atoms with E-state index < -0.39 is 0 Å². The first-order valence-corrected chi connectivity index (χ1v) is 7.43. The van der Waals surface area contributed by atoms with Crippen molar-refractivity contribution in [2.24, 2.45) is 0 Å². The number of anilines is 1. The minimum atomic E-state index is -0.322. The second-order valence-electron chi connectivity index (χ2n) is 5.52.